The van der Waals surface area contributed by atoms with E-state index in [2.05, 4.69) is 10.1 Å². The van der Waals surface area contributed by atoms with Gasteiger partial charge in [-0.1, -0.05) is 48.5 Å². The fourth-order valence-electron chi connectivity index (χ4n) is 3.06. The number of rotatable bonds is 7. The standard InChI is InChI=1S/C22H21N3O3S/c1-3-18(27-17-11-10-15-7-4-5-8-16(15)13-17)22(26)25(2)14-20-23-21(24-28-20)19-9-6-12-29-19/h4-13,18H,3,14H2,1-2H3/t18-/m1/s1. The van der Waals surface area contributed by atoms with Crippen molar-refractivity contribution >= 4 is 28.0 Å². The summed E-state index contributed by atoms with van der Waals surface area (Å²) in [5, 5.41) is 8.15. The zero-order chi connectivity index (χ0) is 20.2. The molecule has 1 atom stereocenters. The van der Waals surface area contributed by atoms with E-state index in [0.717, 1.165) is 15.6 Å². The van der Waals surface area contributed by atoms with Gasteiger partial charge in [-0.25, -0.2) is 0 Å². The van der Waals surface area contributed by atoms with E-state index in [1.165, 1.54) is 11.3 Å². The van der Waals surface area contributed by atoms with E-state index in [1.807, 2.05) is 66.9 Å². The zero-order valence-electron chi connectivity index (χ0n) is 16.2. The van der Waals surface area contributed by atoms with E-state index in [1.54, 1.807) is 11.9 Å². The summed E-state index contributed by atoms with van der Waals surface area (Å²) in [5.41, 5.74) is 0. The van der Waals surface area contributed by atoms with E-state index in [9.17, 15) is 4.79 Å². The molecule has 6 nitrogen and oxygen atoms in total. The van der Waals surface area contributed by atoms with E-state index in [0.29, 0.717) is 23.9 Å². The first-order valence-corrected chi connectivity index (χ1v) is 10.3. The highest BCUT2D eigenvalue weighted by molar-refractivity contribution is 7.13. The summed E-state index contributed by atoms with van der Waals surface area (Å²) in [4.78, 5) is 19.8. The van der Waals surface area contributed by atoms with Crippen molar-refractivity contribution in [2.24, 2.45) is 0 Å². The third-order valence-electron chi connectivity index (χ3n) is 4.60. The second kappa shape index (κ2) is 8.45. The molecule has 0 saturated carbocycles. The summed E-state index contributed by atoms with van der Waals surface area (Å²) >= 11 is 1.54. The second-order valence-electron chi connectivity index (χ2n) is 6.71. The molecule has 0 aliphatic rings. The predicted octanol–water partition coefficient (Wildman–Crippen LogP) is 4.77. The van der Waals surface area contributed by atoms with Gasteiger partial charge >= 0.3 is 0 Å². The minimum Gasteiger partial charge on any atom is -0.481 e. The van der Waals surface area contributed by atoms with Crippen molar-refractivity contribution in [2.45, 2.75) is 26.0 Å². The highest BCUT2D eigenvalue weighted by Gasteiger charge is 2.24. The van der Waals surface area contributed by atoms with Crippen molar-refractivity contribution in [1.29, 1.82) is 0 Å². The van der Waals surface area contributed by atoms with E-state index in [4.69, 9.17) is 9.26 Å². The SMILES string of the molecule is CC[C@@H](Oc1ccc2ccccc2c1)C(=O)N(C)Cc1nc(-c2cccs2)no1. The number of likely N-dealkylation sites (N-methyl/N-ethyl adjacent to an activating group) is 1. The summed E-state index contributed by atoms with van der Waals surface area (Å²) < 4.78 is 11.3. The molecule has 0 spiro atoms. The van der Waals surface area contributed by atoms with E-state index >= 15 is 0 Å². The lowest BCUT2D eigenvalue weighted by Crippen LogP contribution is -2.39. The Morgan fingerprint density at radius 2 is 2.00 bits per heavy atom. The van der Waals surface area contributed by atoms with Gasteiger partial charge in [-0.3, -0.25) is 4.79 Å². The normalized spacial score (nSPS) is 12.1. The van der Waals surface area contributed by atoms with Crippen LogP contribution in [-0.4, -0.2) is 34.1 Å². The largest absolute Gasteiger partial charge is 0.481 e. The lowest BCUT2D eigenvalue weighted by molar-refractivity contribution is -0.138. The van der Waals surface area contributed by atoms with Crippen LogP contribution in [0.3, 0.4) is 0 Å². The molecular weight excluding hydrogens is 386 g/mol. The first-order valence-electron chi connectivity index (χ1n) is 9.41. The monoisotopic (exact) mass is 407 g/mol. The Morgan fingerprint density at radius 1 is 1.17 bits per heavy atom. The summed E-state index contributed by atoms with van der Waals surface area (Å²) in [6.07, 6.45) is -0.0267. The molecule has 0 saturated heterocycles. The van der Waals surface area contributed by atoms with Crippen molar-refractivity contribution in [3.8, 4) is 16.5 Å². The van der Waals surface area contributed by atoms with E-state index in [-0.39, 0.29) is 12.5 Å². The Kier molecular flexibility index (Phi) is 5.57. The van der Waals surface area contributed by atoms with Crippen molar-refractivity contribution in [3.63, 3.8) is 0 Å². The van der Waals surface area contributed by atoms with Crippen LogP contribution in [0.1, 0.15) is 19.2 Å². The average molecular weight is 407 g/mol. The number of thiophene rings is 1. The Labute approximate surface area is 172 Å². The van der Waals surface area contributed by atoms with Crippen molar-refractivity contribution < 1.29 is 14.1 Å². The lowest BCUT2D eigenvalue weighted by Gasteiger charge is -2.22. The average Bonchev–Trinajstić information content (AvgIpc) is 3.43. The molecule has 0 radical (unpaired) electrons. The van der Waals surface area contributed by atoms with E-state index < -0.39 is 6.10 Å². The molecule has 29 heavy (non-hydrogen) atoms. The van der Waals surface area contributed by atoms with Crippen LogP contribution in [-0.2, 0) is 11.3 Å². The summed E-state index contributed by atoms with van der Waals surface area (Å²) in [6.45, 7) is 2.16. The van der Waals surface area contributed by atoms with Gasteiger partial charge in [-0.15, -0.1) is 11.3 Å². The molecule has 0 bridgehead atoms. The van der Waals surface area contributed by atoms with Crippen LogP contribution >= 0.6 is 11.3 Å². The third-order valence-corrected chi connectivity index (χ3v) is 5.47. The van der Waals surface area contributed by atoms with Gasteiger partial charge in [-0.2, -0.15) is 4.98 Å². The van der Waals surface area contributed by atoms with Crippen LogP contribution < -0.4 is 4.74 Å². The van der Waals surface area contributed by atoms with Crippen LogP contribution in [0.25, 0.3) is 21.5 Å². The Hall–Kier alpha value is -3.19. The summed E-state index contributed by atoms with van der Waals surface area (Å²) in [7, 11) is 1.71. The van der Waals surface area contributed by atoms with Crippen LogP contribution in [0.5, 0.6) is 5.75 Å². The third kappa shape index (κ3) is 4.30. The number of hydrogen-bond acceptors (Lipinski definition) is 6. The maximum Gasteiger partial charge on any atom is 0.263 e. The molecule has 1 amide bonds. The number of fused-ring (bicyclic) bond motifs is 1. The number of ether oxygens (including phenoxy) is 1. The lowest BCUT2D eigenvalue weighted by atomic mass is 10.1. The molecule has 0 aliphatic carbocycles. The zero-order valence-corrected chi connectivity index (χ0v) is 17.1. The van der Waals surface area contributed by atoms with Crippen molar-refractivity contribution in [3.05, 3.63) is 65.9 Å². The Morgan fingerprint density at radius 3 is 2.76 bits per heavy atom. The number of nitrogens with zero attached hydrogens (tertiary/aromatic N) is 3. The molecule has 148 valence electrons. The highest BCUT2D eigenvalue weighted by atomic mass is 32.1. The quantitative estimate of drug-likeness (QED) is 0.441. The van der Waals surface area contributed by atoms with Gasteiger partial charge in [0.05, 0.1) is 11.4 Å². The number of carbonyl (C=O) groups excluding carboxylic acids is 1. The molecule has 0 unspecified atom stereocenters. The fourth-order valence-corrected chi connectivity index (χ4v) is 3.71. The summed E-state index contributed by atoms with van der Waals surface area (Å²) in [5.74, 6) is 1.48. The van der Waals surface area contributed by atoms with Gasteiger partial charge in [0, 0.05) is 7.05 Å². The van der Waals surface area contributed by atoms with Crippen LogP contribution in [0.15, 0.2) is 64.5 Å². The topological polar surface area (TPSA) is 68.5 Å². The van der Waals surface area contributed by atoms with Gasteiger partial charge in [0.25, 0.3) is 5.91 Å². The van der Waals surface area contributed by atoms with Crippen molar-refractivity contribution in [1.82, 2.24) is 15.0 Å². The Bertz CT molecular complexity index is 1110. The number of benzene rings is 2. The molecule has 4 aromatic rings. The van der Waals surface area contributed by atoms with Gasteiger partial charge in [0.1, 0.15) is 5.75 Å². The smallest absolute Gasteiger partial charge is 0.263 e. The first kappa shape index (κ1) is 19.1. The highest BCUT2D eigenvalue weighted by Crippen LogP contribution is 2.23. The number of hydrogen-bond donors (Lipinski definition) is 0. The van der Waals surface area contributed by atoms with Crippen LogP contribution in [0.2, 0.25) is 0 Å². The molecule has 2 aromatic heterocycles. The molecule has 0 fully saturated rings. The minimum absolute atomic E-state index is 0.128. The van der Waals surface area contributed by atoms with Gasteiger partial charge in [0.2, 0.25) is 11.7 Å². The number of aromatic nitrogens is 2. The maximum absolute atomic E-state index is 12.9. The molecule has 2 heterocycles. The second-order valence-corrected chi connectivity index (χ2v) is 7.65. The van der Waals surface area contributed by atoms with Crippen molar-refractivity contribution in [2.75, 3.05) is 7.05 Å². The van der Waals surface area contributed by atoms with Crippen LogP contribution in [0, 0.1) is 0 Å². The number of amides is 1. The fraction of sp³-hybridized carbons (Fsp3) is 0.227. The first-order chi connectivity index (χ1) is 14.1. The molecule has 0 aliphatic heterocycles. The maximum atomic E-state index is 12.9. The van der Waals surface area contributed by atoms with Gasteiger partial charge < -0.3 is 14.2 Å². The predicted molar refractivity (Wildman–Crippen MR) is 113 cm³/mol. The molecule has 4 rings (SSSR count). The number of carbonyl (C=O) groups is 1. The molecule has 7 heteroatoms. The molecule has 0 N–H and O–H groups in total. The Balaban J connectivity index is 1.43. The van der Waals surface area contributed by atoms with Crippen LogP contribution in [0.4, 0.5) is 0 Å². The summed E-state index contributed by atoms with van der Waals surface area (Å²) in [6, 6.07) is 17.8. The molecule has 2 aromatic carbocycles. The van der Waals surface area contributed by atoms with Gasteiger partial charge in [0.15, 0.2) is 6.10 Å². The van der Waals surface area contributed by atoms with Gasteiger partial charge in [-0.05, 0) is 40.8 Å². The minimum atomic E-state index is -0.583. The molecular formula is C22H21N3O3S.